The van der Waals surface area contributed by atoms with E-state index in [2.05, 4.69) is 19.9 Å². The Morgan fingerprint density at radius 1 is 1.31 bits per heavy atom. The average molecular weight is 507 g/mol. The number of anilines is 1. The number of hydrogen-bond donors (Lipinski definition) is 2. The summed E-state index contributed by atoms with van der Waals surface area (Å²) in [4.78, 5) is 43.8. The molecule has 1 unspecified atom stereocenters. The number of rotatable bonds is 5. The van der Waals surface area contributed by atoms with Gasteiger partial charge in [-0.15, -0.1) is 0 Å². The number of carbonyl (C=O) groups is 2. The van der Waals surface area contributed by atoms with Crippen LogP contribution in [0.25, 0.3) is 22.4 Å². The third kappa shape index (κ3) is 5.43. The lowest BCUT2D eigenvalue weighted by molar-refractivity contribution is -0.141. The van der Waals surface area contributed by atoms with Crippen LogP contribution in [0.1, 0.15) is 6.42 Å². The van der Waals surface area contributed by atoms with Gasteiger partial charge in [0.1, 0.15) is 30.5 Å². The summed E-state index contributed by atoms with van der Waals surface area (Å²) in [5.74, 6) is -0.846. The molecule has 2 N–H and O–H groups in total. The van der Waals surface area contributed by atoms with Gasteiger partial charge in [0.2, 0.25) is 11.8 Å². The topological polar surface area (TPSA) is 131 Å². The lowest BCUT2D eigenvalue weighted by Gasteiger charge is -2.41. The number of pyridine rings is 1. The molecule has 0 aliphatic carbocycles. The maximum Gasteiger partial charge on any atom is 0.405 e. The van der Waals surface area contributed by atoms with Crippen LogP contribution >= 0.6 is 11.6 Å². The molecule has 0 spiro atoms. The van der Waals surface area contributed by atoms with E-state index in [1.807, 2.05) is 5.32 Å². The van der Waals surface area contributed by atoms with Crippen LogP contribution in [-0.2, 0) is 9.59 Å². The van der Waals surface area contributed by atoms with Crippen molar-refractivity contribution >= 4 is 40.3 Å². The van der Waals surface area contributed by atoms with Gasteiger partial charge >= 0.3 is 6.18 Å². The highest BCUT2D eigenvalue weighted by molar-refractivity contribution is 6.31. The molecule has 0 saturated carbocycles. The molecule has 0 radical (unpaired) electrons. The number of alkyl halides is 3. The number of aromatic amines is 1. The first kappa shape index (κ1) is 24.2. The van der Waals surface area contributed by atoms with E-state index in [-0.39, 0.29) is 25.5 Å². The zero-order valence-electron chi connectivity index (χ0n) is 18.0. The number of aromatic nitrogens is 4. The fourth-order valence-corrected chi connectivity index (χ4v) is 3.95. The van der Waals surface area contributed by atoms with Gasteiger partial charge in [0.25, 0.3) is 0 Å². The first-order chi connectivity index (χ1) is 16.7. The van der Waals surface area contributed by atoms with Crippen molar-refractivity contribution in [1.82, 2.24) is 30.2 Å². The van der Waals surface area contributed by atoms with Crippen molar-refractivity contribution in [3.63, 3.8) is 0 Å². The Morgan fingerprint density at radius 3 is 2.86 bits per heavy atom. The molecule has 1 aliphatic heterocycles. The van der Waals surface area contributed by atoms with Crippen molar-refractivity contribution in [2.75, 3.05) is 31.1 Å². The van der Waals surface area contributed by atoms with E-state index in [1.54, 1.807) is 18.3 Å². The van der Waals surface area contributed by atoms with Crippen molar-refractivity contribution in [3.05, 3.63) is 35.7 Å². The fraction of sp³-hybridized carbons (Fsp3) is 0.333. The smallest absolute Gasteiger partial charge is 0.345 e. The highest BCUT2D eigenvalue weighted by Crippen LogP contribution is 2.29. The van der Waals surface area contributed by atoms with Gasteiger partial charge in [-0.1, -0.05) is 11.6 Å². The second-order valence-electron chi connectivity index (χ2n) is 7.71. The summed E-state index contributed by atoms with van der Waals surface area (Å²) >= 11 is 6.06. The molecule has 4 rings (SSSR count). The number of halogens is 4. The van der Waals surface area contributed by atoms with Gasteiger partial charge in [-0.3, -0.25) is 9.59 Å². The van der Waals surface area contributed by atoms with E-state index < -0.39 is 37.0 Å². The Balaban J connectivity index is 1.65. The minimum Gasteiger partial charge on any atom is -0.345 e. The Morgan fingerprint density at radius 2 is 2.11 bits per heavy atom. The molecule has 182 valence electrons. The Labute approximate surface area is 201 Å². The molecule has 1 saturated heterocycles. The maximum absolute atomic E-state index is 12.8. The Hall–Kier alpha value is -3.92. The highest BCUT2D eigenvalue weighted by Gasteiger charge is 2.37. The zero-order valence-corrected chi connectivity index (χ0v) is 18.8. The number of fused-ring (bicyclic) bond motifs is 1. The van der Waals surface area contributed by atoms with E-state index in [4.69, 9.17) is 16.9 Å². The second kappa shape index (κ2) is 9.75. The number of amides is 2. The molecule has 3 aromatic heterocycles. The summed E-state index contributed by atoms with van der Waals surface area (Å²) in [6.07, 6.45) is -0.395. The fourth-order valence-electron chi connectivity index (χ4n) is 3.79. The van der Waals surface area contributed by atoms with Gasteiger partial charge < -0.3 is 20.1 Å². The molecule has 1 aliphatic rings. The van der Waals surface area contributed by atoms with Gasteiger partial charge in [-0.2, -0.15) is 18.4 Å². The summed E-state index contributed by atoms with van der Waals surface area (Å²) in [6, 6.07) is 3.81. The van der Waals surface area contributed by atoms with Crippen LogP contribution in [0.4, 0.5) is 19.0 Å². The van der Waals surface area contributed by atoms with Crippen LogP contribution in [0.15, 0.2) is 30.7 Å². The third-order valence-electron chi connectivity index (χ3n) is 5.40. The summed E-state index contributed by atoms with van der Waals surface area (Å²) in [5.41, 5.74) is 1.16. The number of carbonyl (C=O) groups excluding carboxylic acids is 2. The summed E-state index contributed by atoms with van der Waals surface area (Å²) < 4.78 is 38.1. The van der Waals surface area contributed by atoms with Crippen LogP contribution < -0.4 is 10.2 Å². The molecule has 1 fully saturated rings. The quantitative estimate of drug-likeness (QED) is 0.542. The zero-order chi connectivity index (χ0) is 25.2. The monoisotopic (exact) mass is 506 g/mol. The van der Waals surface area contributed by atoms with E-state index in [0.717, 1.165) is 0 Å². The van der Waals surface area contributed by atoms with Gasteiger partial charge in [0.15, 0.2) is 5.82 Å². The van der Waals surface area contributed by atoms with Gasteiger partial charge in [-0.05, 0) is 12.1 Å². The van der Waals surface area contributed by atoms with Gasteiger partial charge in [0, 0.05) is 42.6 Å². The molecular weight excluding hydrogens is 489 g/mol. The Kier molecular flexibility index (Phi) is 6.74. The SMILES string of the molecule is N#CCC(=O)N1CCN(c2ccnc(-c3c[nH]c4ncc(Cl)cc34)n2)C(C(=O)NCC(F)(F)F)C1. The van der Waals surface area contributed by atoms with Crippen LogP contribution in [0.2, 0.25) is 5.02 Å². The Bertz CT molecular complexity index is 1310. The molecule has 1 atom stereocenters. The average Bonchev–Trinajstić information content (AvgIpc) is 3.25. The van der Waals surface area contributed by atoms with Crippen LogP contribution in [-0.4, -0.2) is 75.0 Å². The summed E-state index contributed by atoms with van der Waals surface area (Å²) in [5, 5.41) is 11.8. The molecule has 2 amide bonds. The van der Waals surface area contributed by atoms with Crippen LogP contribution in [0.5, 0.6) is 0 Å². The number of nitrogens with zero attached hydrogens (tertiary/aromatic N) is 6. The number of nitriles is 1. The van der Waals surface area contributed by atoms with Gasteiger partial charge in [0.05, 0.1) is 17.6 Å². The lowest BCUT2D eigenvalue weighted by Crippen LogP contribution is -2.61. The van der Waals surface area contributed by atoms with Crippen molar-refractivity contribution in [2.24, 2.45) is 0 Å². The van der Waals surface area contributed by atoms with Crippen LogP contribution in [0, 0.1) is 11.3 Å². The first-order valence-electron chi connectivity index (χ1n) is 10.4. The summed E-state index contributed by atoms with van der Waals surface area (Å²) in [6.45, 7) is -1.44. The normalized spacial score (nSPS) is 16.3. The van der Waals surface area contributed by atoms with Crippen molar-refractivity contribution in [1.29, 1.82) is 5.26 Å². The number of hydrogen-bond acceptors (Lipinski definition) is 7. The van der Waals surface area contributed by atoms with E-state index in [0.29, 0.717) is 27.4 Å². The minimum atomic E-state index is -4.60. The molecule has 4 heterocycles. The number of piperazine rings is 1. The second-order valence-corrected chi connectivity index (χ2v) is 8.14. The summed E-state index contributed by atoms with van der Waals surface area (Å²) in [7, 11) is 0. The molecule has 3 aromatic rings. The first-order valence-corrected chi connectivity index (χ1v) is 10.8. The largest absolute Gasteiger partial charge is 0.405 e. The van der Waals surface area contributed by atoms with E-state index >= 15 is 0 Å². The molecular formula is C21H18ClF3N8O2. The molecule has 14 heteroatoms. The molecule has 10 nitrogen and oxygen atoms in total. The minimum absolute atomic E-state index is 0.110. The predicted molar refractivity (Wildman–Crippen MR) is 119 cm³/mol. The van der Waals surface area contributed by atoms with Gasteiger partial charge in [-0.25, -0.2) is 15.0 Å². The van der Waals surface area contributed by atoms with Crippen LogP contribution in [0.3, 0.4) is 0 Å². The molecule has 35 heavy (non-hydrogen) atoms. The molecule has 0 bridgehead atoms. The number of nitrogens with one attached hydrogen (secondary N) is 2. The molecule has 0 aromatic carbocycles. The van der Waals surface area contributed by atoms with Crippen molar-refractivity contribution in [2.45, 2.75) is 18.6 Å². The maximum atomic E-state index is 12.8. The van der Waals surface area contributed by atoms with E-state index in [9.17, 15) is 22.8 Å². The van der Waals surface area contributed by atoms with Crippen molar-refractivity contribution in [3.8, 4) is 17.5 Å². The lowest BCUT2D eigenvalue weighted by atomic mass is 10.1. The number of H-pyrrole nitrogens is 1. The third-order valence-corrected chi connectivity index (χ3v) is 5.61. The predicted octanol–water partition coefficient (Wildman–Crippen LogP) is 2.28. The standard InChI is InChI=1S/C21H18ClF3N8O2/c22-12-7-13-14(9-29-18(13)28-8-12)19-27-4-2-16(31-19)33-6-5-32(17(34)1-3-26)10-15(33)20(35)30-11-21(23,24)25/h2,4,7-9,15H,1,5-6,10-11H2,(H,28,29)(H,30,35). The van der Waals surface area contributed by atoms with E-state index in [1.165, 1.54) is 28.3 Å². The highest BCUT2D eigenvalue weighted by atomic mass is 35.5. The van der Waals surface area contributed by atoms with Crippen molar-refractivity contribution < 1.29 is 22.8 Å².